The van der Waals surface area contributed by atoms with E-state index < -0.39 is 18.6 Å². The molecule has 0 aromatic heterocycles. The fourth-order valence-electron chi connectivity index (χ4n) is 1.50. The maximum absolute atomic E-state index is 12.1. The van der Waals surface area contributed by atoms with Gasteiger partial charge in [-0.2, -0.15) is 13.2 Å². The summed E-state index contributed by atoms with van der Waals surface area (Å²) in [6.07, 6.45) is -4.92. The lowest BCUT2D eigenvalue weighted by molar-refractivity contribution is -0.139. The van der Waals surface area contributed by atoms with Gasteiger partial charge < -0.3 is 5.32 Å². The van der Waals surface area contributed by atoms with E-state index in [1.54, 1.807) is 0 Å². The van der Waals surface area contributed by atoms with Crippen LogP contribution in [-0.4, -0.2) is 12.2 Å². The van der Waals surface area contributed by atoms with E-state index in [1.807, 2.05) is 25.1 Å². The molecule has 0 spiro atoms. The van der Waals surface area contributed by atoms with Crippen LogP contribution in [0, 0.1) is 6.92 Å². The Hall–Kier alpha value is -0.550. The molecule has 0 aliphatic rings. The summed E-state index contributed by atoms with van der Waals surface area (Å²) in [6, 6.07) is 5.22. The molecule has 17 heavy (non-hydrogen) atoms. The first-order chi connectivity index (χ1) is 7.78. The number of aryl methyl sites for hydroxylation is 1. The van der Waals surface area contributed by atoms with Crippen LogP contribution in [0.2, 0.25) is 0 Å². The highest BCUT2D eigenvalue weighted by atomic mass is 79.9. The number of alkyl halides is 3. The Morgan fingerprint density at radius 1 is 1.35 bits per heavy atom. The van der Waals surface area contributed by atoms with E-state index in [0.717, 1.165) is 15.6 Å². The van der Waals surface area contributed by atoms with E-state index in [9.17, 15) is 13.2 Å². The maximum atomic E-state index is 12.1. The fourth-order valence-corrected chi connectivity index (χ4v) is 2.13. The highest BCUT2D eigenvalue weighted by Crippen LogP contribution is 2.22. The molecular formula is C12H15BrF3N. The molecule has 1 unspecified atom stereocenters. The molecule has 1 aromatic carbocycles. The van der Waals surface area contributed by atoms with Gasteiger partial charge in [-0.25, -0.2) is 0 Å². The van der Waals surface area contributed by atoms with Crippen LogP contribution >= 0.6 is 15.9 Å². The molecule has 0 heterocycles. The predicted octanol–water partition coefficient (Wildman–Crippen LogP) is 4.19. The Bertz CT molecular complexity index is 377. The van der Waals surface area contributed by atoms with Gasteiger partial charge in [-0.1, -0.05) is 28.1 Å². The Morgan fingerprint density at radius 3 is 2.53 bits per heavy atom. The van der Waals surface area contributed by atoms with E-state index in [0.29, 0.717) is 6.54 Å². The Balaban J connectivity index is 2.50. The minimum atomic E-state index is -4.11. The number of halogens is 4. The maximum Gasteiger partial charge on any atom is 0.390 e. The van der Waals surface area contributed by atoms with Crippen molar-refractivity contribution in [1.82, 2.24) is 5.32 Å². The summed E-state index contributed by atoms with van der Waals surface area (Å²) >= 11 is 3.40. The van der Waals surface area contributed by atoms with Gasteiger partial charge in [0, 0.05) is 17.1 Å². The van der Waals surface area contributed by atoms with Crippen LogP contribution in [0.15, 0.2) is 22.7 Å². The van der Waals surface area contributed by atoms with Crippen molar-refractivity contribution in [2.24, 2.45) is 0 Å². The van der Waals surface area contributed by atoms with Crippen molar-refractivity contribution in [3.63, 3.8) is 0 Å². The van der Waals surface area contributed by atoms with Crippen LogP contribution in [0.1, 0.15) is 24.5 Å². The van der Waals surface area contributed by atoms with Crippen molar-refractivity contribution in [1.29, 1.82) is 0 Å². The average Bonchev–Trinajstić information content (AvgIpc) is 2.13. The lowest BCUT2D eigenvalue weighted by Gasteiger charge is -2.16. The molecule has 1 rings (SSSR count). The number of benzene rings is 1. The Morgan fingerprint density at radius 2 is 2.00 bits per heavy atom. The highest BCUT2D eigenvalue weighted by molar-refractivity contribution is 9.10. The van der Waals surface area contributed by atoms with Gasteiger partial charge in [0.25, 0.3) is 0 Å². The second-order valence-electron chi connectivity index (χ2n) is 4.20. The molecular weight excluding hydrogens is 295 g/mol. The van der Waals surface area contributed by atoms with Crippen LogP contribution in [0.3, 0.4) is 0 Å². The molecule has 5 heteroatoms. The summed E-state index contributed by atoms with van der Waals surface area (Å²) < 4.78 is 37.3. The molecule has 0 saturated carbocycles. The fraction of sp³-hybridized carbons (Fsp3) is 0.500. The van der Waals surface area contributed by atoms with Gasteiger partial charge in [-0.15, -0.1) is 0 Å². The Kier molecular flexibility index (Phi) is 5.01. The zero-order chi connectivity index (χ0) is 13.1. The van der Waals surface area contributed by atoms with Crippen LogP contribution in [0.25, 0.3) is 0 Å². The number of nitrogens with one attached hydrogen (secondary N) is 1. The summed E-state index contributed by atoms with van der Waals surface area (Å²) in [7, 11) is 0. The summed E-state index contributed by atoms with van der Waals surface area (Å²) in [6.45, 7) is 3.93. The molecule has 0 radical (unpaired) electrons. The van der Waals surface area contributed by atoms with Crippen molar-refractivity contribution >= 4 is 15.9 Å². The molecule has 0 bridgehead atoms. The SMILES string of the molecule is Cc1ccc(CNC(C)CC(F)(F)F)c(Br)c1. The topological polar surface area (TPSA) is 12.0 Å². The third kappa shape index (κ3) is 5.55. The van der Waals surface area contributed by atoms with E-state index in [2.05, 4.69) is 21.2 Å². The molecule has 1 aromatic rings. The minimum absolute atomic E-state index is 0.429. The number of rotatable bonds is 4. The summed E-state index contributed by atoms with van der Waals surface area (Å²) in [5.74, 6) is 0. The van der Waals surface area contributed by atoms with Crippen molar-refractivity contribution in [3.8, 4) is 0 Å². The van der Waals surface area contributed by atoms with Gasteiger partial charge in [0.2, 0.25) is 0 Å². The van der Waals surface area contributed by atoms with Crippen LogP contribution < -0.4 is 5.32 Å². The van der Waals surface area contributed by atoms with Gasteiger partial charge in [-0.05, 0) is 31.0 Å². The van der Waals surface area contributed by atoms with E-state index in [-0.39, 0.29) is 0 Å². The minimum Gasteiger partial charge on any atom is -0.310 e. The van der Waals surface area contributed by atoms with E-state index in [4.69, 9.17) is 0 Å². The van der Waals surface area contributed by atoms with Crippen molar-refractivity contribution in [2.75, 3.05) is 0 Å². The van der Waals surface area contributed by atoms with Gasteiger partial charge >= 0.3 is 6.18 Å². The number of hydrogen-bond donors (Lipinski definition) is 1. The summed E-state index contributed by atoms with van der Waals surface area (Å²) in [5.41, 5.74) is 2.08. The first-order valence-corrected chi connectivity index (χ1v) is 6.12. The van der Waals surface area contributed by atoms with Gasteiger partial charge in [-0.3, -0.25) is 0 Å². The molecule has 1 atom stereocenters. The van der Waals surface area contributed by atoms with Crippen LogP contribution in [-0.2, 0) is 6.54 Å². The second kappa shape index (κ2) is 5.87. The van der Waals surface area contributed by atoms with Crippen molar-refractivity contribution < 1.29 is 13.2 Å². The molecule has 0 aliphatic heterocycles. The zero-order valence-electron chi connectivity index (χ0n) is 9.74. The van der Waals surface area contributed by atoms with E-state index in [1.165, 1.54) is 6.92 Å². The third-order valence-electron chi connectivity index (χ3n) is 2.39. The normalized spacial score (nSPS) is 13.8. The van der Waals surface area contributed by atoms with Gasteiger partial charge in [0.1, 0.15) is 0 Å². The molecule has 0 amide bonds. The largest absolute Gasteiger partial charge is 0.390 e. The average molecular weight is 310 g/mol. The Labute approximate surface area is 108 Å². The summed E-state index contributed by atoms with van der Waals surface area (Å²) in [4.78, 5) is 0. The first-order valence-electron chi connectivity index (χ1n) is 5.33. The van der Waals surface area contributed by atoms with Gasteiger partial charge in [0.05, 0.1) is 6.42 Å². The van der Waals surface area contributed by atoms with Crippen LogP contribution in [0.5, 0.6) is 0 Å². The first kappa shape index (κ1) is 14.5. The van der Waals surface area contributed by atoms with Gasteiger partial charge in [0.15, 0.2) is 0 Å². The lowest BCUT2D eigenvalue weighted by Crippen LogP contribution is -2.30. The molecule has 1 N–H and O–H groups in total. The lowest BCUT2D eigenvalue weighted by atomic mass is 10.1. The molecule has 1 nitrogen and oxygen atoms in total. The highest BCUT2D eigenvalue weighted by Gasteiger charge is 2.29. The standard InChI is InChI=1S/C12H15BrF3N/c1-8-3-4-10(11(13)5-8)7-17-9(2)6-12(14,15)16/h3-5,9,17H,6-7H2,1-2H3. The molecule has 0 saturated heterocycles. The third-order valence-corrected chi connectivity index (χ3v) is 3.13. The summed E-state index contributed by atoms with van der Waals surface area (Å²) in [5, 5.41) is 2.87. The number of hydrogen-bond acceptors (Lipinski definition) is 1. The van der Waals surface area contributed by atoms with Crippen LogP contribution in [0.4, 0.5) is 13.2 Å². The second-order valence-corrected chi connectivity index (χ2v) is 5.05. The predicted molar refractivity (Wildman–Crippen MR) is 65.9 cm³/mol. The van der Waals surface area contributed by atoms with Crippen molar-refractivity contribution in [2.45, 2.75) is 39.0 Å². The molecule has 0 fully saturated rings. The zero-order valence-corrected chi connectivity index (χ0v) is 11.3. The van der Waals surface area contributed by atoms with E-state index >= 15 is 0 Å². The molecule has 96 valence electrons. The smallest absolute Gasteiger partial charge is 0.310 e. The quantitative estimate of drug-likeness (QED) is 0.879. The molecule has 0 aliphatic carbocycles. The van der Waals surface area contributed by atoms with Crippen molar-refractivity contribution in [3.05, 3.63) is 33.8 Å². The monoisotopic (exact) mass is 309 g/mol.